The van der Waals surface area contributed by atoms with E-state index in [4.69, 9.17) is 4.74 Å². The second kappa shape index (κ2) is 7.51. The van der Waals surface area contributed by atoms with Crippen molar-refractivity contribution in [2.75, 3.05) is 13.2 Å². The van der Waals surface area contributed by atoms with E-state index < -0.39 is 0 Å². The van der Waals surface area contributed by atoms with Crippen LogP contribution < -0.4 is 0 Å². The van der Waals surface area contributed by atoms with Gasteiger partial charge in [0.1, 0.15) is 0 Å². The fourth-order valence-corrected chi connectivity index (χ4v) is 4.71. The second-order valence-corrected chi connectivity index (χ2v) is 8.47. The summed E-state index contributed by atoms with van der Waals surface area (Å²) in [7, 11) is 0. The van der Waals surface area contributed by atoms with Crippen molar-refractivity contribution in [2.45, 2.75) is 44.6 Å². The normalized spacial score (nSPS) is 22.2. The van der Waals surface area contributed by atoms with Crippen LogP contribution in [0.3, 0.4) is 0 Å². The highest BCUT2D eigenvalue weighted by Crippen LogP contribution is 2.40. The summed E-state index contributed by atoms with van der Waals surface area (Å²) in [6, 6.07) is 17.6. The molecule has 2 atom stereocenters. The quantitative estimate of drug-likeness (QED) is 0.712. The molecule has 0 bridgehead atoms. The highest BCUT2D eigenvalue weighted by Gasteiger charge is 2.38. The van der Waals surface area contributed by atoms with Gasteiger partial charge in [0.2, 0.25) is 0 Å². The van der Waals surface area contributed by atoms with Gasteiger partial charge in [0, 0.05) is 13.2 Å². The molecule has 4 nitrogen and oxygen atoms in total. The fourth-order valence-electron chi connectivity index (χ4n) is 4.71. The van der Waals surface area contributed by atoms with Gasteiger partial charge >= 0.3 is 0 Å². The number of nitrogens with zero attached hydrogens (tertiary/aromatic N) is 1. The number of carbonyl (C=O) groups is 2. The number of imide groups is 1. The predicted octanol–water partition coefficient (Wildman–Crippen LogP) is 4.66. The van der Waals surface area contributed by atoms with Crippen molar-refractivity contribution >= 4 is 11.8 Å². The zero-order valence-electron chi connectivity index (χ0n) is 16.6. The van der Waals surface area contributed by atoms with Gasteiger partial charge in [-0.2, -0.15) is 0 Å². The van der Waals surface area contributed by atoms with Crippen molar-refractivity contribution in [3.05, 3.63) is 71.3 Å². The van der Waals surface area contributed by atoms with E-state index in [-0.39, 0.29) is 17.4 Å². The maximum absolute atomic E-state index is 12.7. The summed E-state index contributed by atoms with van der Waals surface area (Å²) in [5.41, 5.74) is 2.19. The zero-order valence-corrected chi connectivity index (χ0v) is 16.6. The molecule has 0 aromatic heterocycles. The van der Waals surface area contributed by atoms with Crippen molar-refractivity contribution in [1.29, 1.82) is 0 Å². The summed E-state index contributed by atoms with van der Waals surface area (Å²) in [5.74, 6) is 0.439. The van der Waals surface area contributed by atoms with Crippen molar-refractivity contribution in [2.24, 2.45) is 5.92 Å². The van der Waals surface area contributed by atoms with Crippen LogP contribution in [0, 0.1) is 5.92 Å². The molecular formula is C24H27NO3. The average molecular weight is 377 g/mol. The molecule has 2 unspecified atom stereocenters. The Balaban J connectivity index is 1.54. The molecule has 4 rings (SSSR count). The molecule has 0 N–H and O–H groups in total. The van der Waals surface area contributed by atoms with E-state index in [2.05, 4.69) is 38.1 Å². The number of benzene rings is 2. The lowest BCUT2D eigenvalue weighted by Crippen LogP contribution is -2.38. The Morgan fingerprint density at radius 1 is 1.00 bits per heavy atom. The molecule has 0 spiro atoms. The van der Waals surface area contributed by atoms with Gasteiger partial charge in [0.15, 0.2) is 0 Å². The van der Waals surface area contributed by atoms with E-state index in [0.29, 0.717) is 29.5 Å². The van der Waals surface area contributed by atoms with Crippen LogP contribution in [0.5, 0.6) is 0 Å². The first-order chi connectivity index (χ1) is 13.5. The average Bonchev–Trinajstić information content (AvgIpc) is 2.93. The van der Waals surface area contributed by atoms with E-state index in [1.807, 2.05) is 18.2 Å². The lowest BCUT2D eigenvalue weighted by molar-refractivity contribution is -0.0774. The molecule has 28 heavy (non-hydrogen) atoms. The number of ether oxygens (including phenoxy) is 1. The molecule has 2 aliphatic heterocycles. The van der Waals surface area contributed by atoms with Crippen LogP contribution in [0.1, 0.15) is 65.3 Å². The minimum absolute atomic E-state index is 0.133. The van der Waals surface area contributed by atoms with E-state index in [9.17, 15) is 9.59 Å². The molecule has 2 aliphatic rings. The SMILES string of the molecule is CC1(C)CC(C(CCN2C(=O)c3ccccc3C2=O)c2ccccc2)CCO1. The Labute approximate surface area is 166 Å². The predicted molar refractivity (Wildman–Crippen MR) is 108 cm³/mol. The third kappa shape index (κ3) is 3.61. The Kier molecular flexibility index (Phi) is 5.07. The van der Waals surface area contributed by atoms with Crippen molar-refractivity contribution in [3.8, 4) is 0 Å². The molecule has 2 aromatic carbocycles. The summed E-state index contributed by atoms with van der Waals surface area (Å²) in [6.07, 6.45) is 2.76. The third-order valence-corrected chi connectivity index (χ3v) is 6.07. The number of rotatable bonds is 5. The number of hydrogen-bond donors (Lipinski definition) is 0. The molecule has 4 heteroatoms. The second-order valence-electron chi connectivity index (χ2n) is 8.47. The monoisotopic (exact) mass is 377 g/mol. The van der Waals surface area contributed by atoms with E-state index in [1.54, 1.807) is 12.1 Å². The van der Waals surface area contributed by atoms with Crippen molar-refractivity contribution < 1.29 is 14.3 Å². The van der Waals surface area contributed by atoms with Crippen LogP contribution in [-0.2, 0) is 4.74 Å². The smallest absolute Gasteiger partial charge is 0.261 e. The van der Waals surface area contributed by atoms with Gasteiger partial charge in [-0.05, 0) is 62.6 Å². The molecule has 2 aromatic rings. The first kappa shape index (κ1) is 18.9. The number of hydrogen-bond acceptors (Lipinski definition) is 3. The summed E-state index contributed by atoms with van der Waals surface area (Å²) in [6.45, 7) is 5.49. The van der Waals surface area contributed by atoms with E-state index in [1.165, 1.54) is 10.5 Å². The molecule has 2 heterocycles. The summed E-state index contributed by atoms with van der Waals surface area (Å²) >= 11 is 0. The zero-order chi connectivity index (χ0) is 19.7. The lowest BCUT2D eigenvalue weighted by Gasteiger charge is -2.39. The first-order valence-corrected chi connectivity index (χ1v) is 10.1. The van der Waals surface area contributed by atoms with Gasteiger partial charge in [0.05, 0.1) is 16.7 Å². The van der Waals surface area contributed by atoms with Gasteiger partial charge in [-0.25, -0.2) is 0 Å². The Hall–Kier alpha value is -2.46. The highest BCUT2D eigenvalue weighted by molar-refractivity contribution is 6.21. The summed E-state index contributed by atoms with van der Waals surface area (Å²) in [4.78, 5) is 26.9. The topological polar surface area (TPSA) is 46.6 Å². The van der Waals surface area contributed by atoms with Crippen LogP contribution in [-0.4, -0.2) is 35.5 Å². The summed E-state index contributed by atoms with van der Waals surface area (Å²) in [5, 5.41) is 0. The fraction of sp³-hybridized carbons (Fsp3) is 0.417. The molecule has 2 amide bonds. The lowest BCUT2D eigenvalue weighted by atomic mass is 9.75. The Morgan fingerprint density at radius 3 is 2.21 bits per heavy atom. The number of fused-ring (bicyclic) bond motifs is 1. The standard InChI is InChI=1S/C24H27NO3/c1-24(2)16-18(13-15-28-24)19(17-8-4-3-5-9-17)12-14-25-22(26)20-10-6-7-11-21(20)23(25)27/h3-11,18-19H,12-16H2,1-2H3. The van der Waals surface area contributed by atoms with Crippen LogP contribution >= 0.6 is 0 Å². The maximum Gasteiger partial charge on any atom is 0.261 e. The summed E-state index contributed by atoms with van der Waals surface area (Å²) < 4.78 is 5.92. The maximum atomic E-state index is 12.7. The minimum atomic E-state index is -0.167. The van der Waals surface area contributed by atoms with Gasteiger partial charge in [0.25, 0.3) is 11.8 Å². The number of carbonyl (C=O) groups excluding carboxylic acids is 2. The van der Waals surface area contributed by atoms with Gasteiger partial charge < -0.3 is 4.74 Å². The largest absolute Gasteiger partial charge is 0.376 e. The third-order valence-electron chi connectivity index (χ3n) is 6.07. The minimum Gasteiger partial charge on any atom is -0.376 e. The highest BCUT2D eigenvalue weighted by atomic mass is 16.5. The van der Waals surface area contributed by atoms with E-state index in [0.717, 1.165) is 25.9 Å². The molecule has 1 fully saturated rings. The van der Waals surface area contributed by atoms with Crippen LogP contribution in [0.15, 0.2) is 54.6 Å². The number of amides is 2. The Bertz CT molecular complexity index is 839. The molecule has 0 radical (unpaired) electrons. The van der Waals surface area contributed by atoms with Gasteiger partial charge in [-0.1, -0.05) is 42.5 Å². The molecule has 0 saturated carbocycles. The van der Waals surface area contributed by atoms with Crippen LogP contribution in [0.25, 0.3) is 0 Å². The van der Waals surface area contributed by atoms with Gasteiger partial charge in [-0.3, -0.25) is 14.5 Å². The van der Waals surface area contributed by atoms with Gasteiger partial charge in [-0.15, -0.1) is 0 Å². The van der Waals surface area contributed by atoms with E-state index >= 15 is 0 Å². The van der Waals surface area contributed by atoms with Crippen molar-refractivity contribution in [1.82, 2.24) is 4.90 Å². The van der Waals surface area contributed by atoms with Crippen molar-refractivity contribution in [3.63, 3.8) is 0 Å². The first-order valence-electron chi connectivity index (χ1n) is 10.1. The molecule has 0 aliphatic carbocycles. The van der Waals surface area contributed by atoms with Crippen LogP contribution in [0.2, 0.25) is 0 Å². The Morgan fingerprint density at radius 2 is 1.61 bits per heavy atom. The molecule has 1 saturated heterocycles. The molecule has 146 valence electrons. The van der Waals surface area contributed by atoms with Crippen LogP contribution in [0.4, 0.5) is 0 Å². The molecular weight excluding hydrogens is 350 g/mol.